The fourth-order valence-electron chi connectivity index (χ4n) is 1.05. The summed E-state index contributed by atoms with van der Waals surface area (Å²) in [6, 6.07) is 0. The number of halogens is 1. The summed E-state index contributed by atoms with van der Waals surface area (Å²) in [5.41, 5.74) is 0. The quantitative estimate of drug-likeness (QED) is 0.558. The lowest BCUT2D eigenvalue weighted by Crippen LogP contribution is -2.56. The van der Waals surface area contributed by atoms with Crippen molar-refractivity contribution < 1.29 is 8.76 Å². The molecule has 1 aliphatic rings. The molecule has 1 rings (SSSR count). The van der Waals surface area contributed by atoms with E-state index in [0.29, 0.717) is 6.54 Å². The van der Waals surface area contributed by atoms with Crippen molar-refractivity contribution in [1.82, 2.24) is 14.9 Å². The first-order chi connectivity index (χ1) is 5.20. The lowest BCUT2D eigenvalue weighted by Gasteiger charge is -2.33. The van der Waals surface area contributed by atoms with Gasteiger partial charge in [-0.2, -0.15) is 0 Å². The van der Waals surface area contributed by atoms with E-state index in [0.717, 1.165) is 13.1 Å². The average Bonchev–Trinajstić information content (AvgIpc) is 1.93. The Hall–Kier alpha value is 0.280. The maximum atomic E-state index is 10.2. The molecular weight excluding hydrogens is 202 g/mol. The van der Waals surface area contributed by atoms with E-state index in [-0.39, 0.29) is 18.6 Å². The zero-order valence-corrected chi connectivity index (χ0v) is 8.41. The third-order valence-electron chi connectivity index (χ3n) is 1.74. The smallest absolute Gasteiger partial charge is 0.0828 e. The van der Waals surface area contributed by atoms with Gasteiger partial charge in [0.25, 0.3) is 0 Å². The summed E-state index contributed by atoms with van der Waals surface area (Å²) in [6.07, 6.45) is -0.0953. The van der Waals surface area contributed by atoms with E-state index >= 15 is 0 Å². The van der Waals surface area contributed by atoms with Crippen molar-refractivity contribution in [3.63, 3.8) is 0 Å². The normalized spacial score (nSPS) is 27.7. The third kappa shape index (κ3) is 3.79. The van der Waals surface area contributed by atoms with Crippen LogP contribution in [0.1, 0.15) is 0 Å². The van der Waals surface area contributed by atoms with Gasteiger partial charge in [-0.3, -0.25) is 9.11 Å². The summed E-state index contributed by atoms with van der Waals surface area (Å²) in [6.45, 7) is 2.46. The molecule has 0 amide bonds. The van der Waals surface area contributed by atoms with Gasteiger partial charge in [0.15, 0.2) is 0 Å². The Morgan fingerprint density at radius 2 is 2.42 bits per heavy atom. The molecule has 0 bridgehead atoms. The number of rotatable bonds is 2. The van der Waals surface area contributed by atoms with Crippen LogP contribution in [-0.4, -0.2) is 46.5 Å². The molecule has 2 atom stereocenters. The van der Waals surface area contributed by atoms with Crippen molar-refractivity contribution in [3.8, 4) is 0 Å². The molecule has 5 nitrogen and oxygen atoms in total. The highest BCUT2D eigenvalue weighted by atomic mass is 35.5. The Kier molecular flexibility index (Phi) is 5.98. The summed E-state index contributed by atoms with van der Waals surface area (Å²) in [5.74, 6) is 0. The first-order valence-electron chi connectivity index (χ1n) is 3.46. The maximum absolute atomic E-state index is 10.2. The molecular formula is C5H13ClN3O2S-. The minimum absolute atomic E-state index is 0. The van der Waals surface area contributed by atoms with Crippen LogP contribution in [0.4, 0.5) is 0 Å². The van der Waals surface area contributed by atoms with Crippen LogP contribution in [-0.2, 0) is 11.3 Å². The molecule has 0 aromatic carbocycles. The van der Waals surface area contributed by atoms with Crippen molar-refractivity contribution in [2.75, 3.05) is 26.7 Å². The van der Waals surface area contributed by atoms with Crippen LogP contribution in [0.25, 0.3) is 0 Å². The number of likely N-dealkylation sites (N-methyl/N-ethyl adjacent to an activating group) is 1. The SMILES string of the molecule is CN1CCNCC1NS(=O)[O-].Cl. The van der Waals surface area contributed by atoms with E-state index in [4.69, 9.17) is 0 Å². The van der Waals surface area contributed by atoms with Gasteiger partial charge in [-0.15, -0.1) is 12.4 Å². The molecule has 0 aromatic rings. The van der Waals surface area contributed by atoms with E-state index < -0.39 is 11.3 Å². The van der Waals surface area contributed by atoms with E-state index in [1.807, 2.05) is 11.9 Å². The zero-order chi connectivity index (χ0) is 8.27. The fourth-order valence-corrected chi connectivity index (χ4v) is 1.53. The van der Waals surface area contributed by atoms with E-state index in [9.17, 15) is 8.76 Å². The minimum Gasteiger partial charge on any atom is -0.760 e. The lowest BCUT2D eigenvalue weighted by atomic mass is 10.3. The van der Waals surface area contributed by atoms with Crippen molar-refractivity contribution in [3.05, 3.63) is 0 Å². The van der Waals surface area contributed by atoms with Gasteiger partial charge in [-0.05, 0) is 7.05 Å². The van der Waals surface area contributed by atoms with E-state index in [1.54, 1.807) is 0 Å². The molecule has 0 saturated carbocycles. The molecule has 7 heteroatoms. The highest BCUT2D eigenvalue weighted by Gasteiger charge is 2.17. The summed E-state index contributed by atoms with van der Waals surface area (Å²) in [4.78, 5) is 1.96. The van der Waals surface area contributed by atoms with Crippen LogP contribution in [0.3, 0.4) is 0 Å². The van der Waals surface area contributed by atoms with Crippen molar-refractivity contribution in [1.29, 1.82) is 0 Å². The molecule has 0 aliphatic carbocycles. The van der Waals surface area contributed by atoms with Crippen molar-refractivity contribution >= 4 is 23.7 Å². The Labute approximate surface area is 80.7 Å². The summed E-state index contributed by atoms with van der Waals surface area (Å²) < 4.78 is 22.9. The van der Waals surface area contributed by atoms with Crippen LogP contribution < -0.4 is 10.0 Å². The Balaban J connectivity index is 0.00000121. The van der Waals surface area contributed by atoms with Crippen LogP contribution in [0.5, 0.6) is 0 Å². The molecule has 74 valence electrons. The second kappa shape index (κ2) is 5.85. The second-order valence-corrected chi connectivity index (χ2v) is 3.26. The van der Waals surface area contributed by atoms with Gasteiger partial charge in [0.1, 0.15) is 0 Å². The number of hydrogen-bond donors (Lipinski definition) is 2. The van der Waals surface area contributed by atoms with Gasteiger partial charge < -0.3 is 9.87 Å². The number of hydrogen-bond acceptors (Lipinski definition) is 4. The van der Waals surface area contributed by atoms with Gasteiger partial charge >= 0.3 is 0 Å². The van der Waals surface area contributed by atoms with Crippen molar-refractivity contribution in [2.24, 2.45) is 0 Å². The van der Waals surface area contributed by atoms with Gasteiger partial charge in [-0.25, -0.2) is 4.72 Å². The first-order valence-corrected chi connectivity index (χ1v) is 4.54. The van der Waals surface area contributed by atoms with Crippen LogP contribution in [0.2, 0.25) is 0 Å². The summed E-state index contributed by atoms with van der Waals surface area (Å²) in [5, 5.41) is 3.09. The van der Waals surface area contributed by atoms with Crippen LogP contribution >= 0.6 is 12.4 Å². The highest BCUT2D eigenvalue weighted by molar-refractivity contribution is 7.77. The lowest BCUT2D eigenvalue weighted by molar-refractivity contribution is 0.188. The third-order valence-corrected chi connectivity index (χ3v) is 2.21. The molecule has 0 radical (unpaired) electrons. The molecule has 0 aromatic heterocycles. The molecule has 2 unspecified atom stereocenters. The monoisotopic (exact) mass is 214 g/mol. The highest BCUT2D eigenvalue weighted by Crippen LogP contribution is 1.95. The molecule has 1 aliphatic heterocycles. The number of nitrogens with zero attached hydrogens (tertiary/aromatic N) is 1. The Bertz CT molecular complexity index is 160. The average molecular weight is 215 g/mol. The van der Waals surface area contributed by atoms with Gasteiger partial charge in [0, 0.05) is 30.9 Å². The van der Waals surface area contributed by atoms with Crippen LogP contribution in [0, 0.1) is 0 Å². The van der Waals surface area contributed by atoms with Gasteiger partial charge in [0.2, 0.25) is 0 Å². The molecule has 1 fully saturated rings. The van der Waals surface area contributed by atoms with Crippen LogP contribution in [0.15, 0.2) is 0 Å². The second-order valence-electron chi connectivity index (χ2n) is 2.55. The predicted molar refractivity (Wildman–Crippen MR) is 48.6 cm³/mol. The van der Waals surface area contributed by atoms with Gasteiger partial charge in [0.05, 0.1) is 6.17 Å². The molecule has 12 heavy (non-hydrogen) atoms. The first kappa shape index (κ1) is 12.3. The number of piperazine rings is 1. The van der Waals surface area contributed by atoms with E-state index in [2.05, 4.69) is 10.0 Å². The largest absolute Gasteiger partial charge is 0.760 e. The summed E-state index contributed by atoms with van der Waals surface area (Å²) >= 11 is -2.17. The Morgan fingerprint density at radius 1 is 1.75 bits per heavy atom. The maximum Gasteiger partial charge on any atom is 0.0828 e. The molecule has 2 N–H and O–H groups in total. The zero-order valence-electron chi connectivity index (χ0n) is 6.78. The fraction of sp³-hybridized carbons (Fsp3) is 1.00. The number of nitrogens with one attached hydrogen (secondary N) is 2. The van der Waals surface area contributed by atoms with Gasteiger partial charge in [-0.1, -0.05) is 0 Å². The predicted octanol–water partition coefficient (Wildman–Crippen LogP) is -1.35. The van der Waals surface area contributed by atoms with Crippen molar-refractivity contribution in [2.45, 2.75) is 6.17 Å². The molecule has 1 saturated heterocycles. The standard InChI is InChI=1S/C5H13N3O2S.ClH/c1-8-3-2-6-4-5(8)7-11(9)10;/h5-7H,2-4H2,1H3,(H,9,10);1H/p-1. The Morgan fingerprint density at radius 3 is 2.92 bits per heavy atom. The minimum atomic E-state index is -2.17. The molecule has 1 heterocycles. The van der Waals surface area contributed by atoms with E-state index in [1.165, 1.54) is 0 Å². The summed E-state index contributed by atoms with van der Waals surface area (Å²) in [7, 11) is 1.89. The molecule has 0 spiro atoms. The topological polar surface area (TPSA) is 67.4 Å².